The van der Waals surface area contributed by atoms with Crippen LogP contribution in [0.2, 0.25) is 0 Å². The number of nitrogens with one attached hydrogen (secondary N) is 1. The van der Waals surface area contributed by atoms with Gasteiger partial charge in [0.1, 0.15) is 17.5 Å². The zero-order valence-electron chi connectivity index (χ0n) is 28.7. The number of hydrogen-bond donors (Lipinski definition) is 1. The third-order valence-corrected chi connectivity index (χ3v) is 9.91. The van der Waals surface area contributed by atoms with Gasteiger partial charge in [0.15, 0.2) is 5.78 Å². The Bertz CT molecular complexity index is 2330. The second-order valence-corrected chi connectivity index (χ2v) is 13.9. The second kappa shape index (κ2) is 16.1. The van der Waals surface area contributed by atoms with Crippen LogP contribution in [-0.2, 0) is 29.2 Å². The lowest BCUT2D eigenvalue weighted by molar-refractivity contribution is -0.137. The molecule has 53 heavy (non-hydrogen) atoms. The first-order chi connectivity index (χ1) is 25.2. The van der Waals surface area contributed by atoms with E-state index in [2.05, 4.69) is 5.10 Å². The zero-order chi connectivity index (χ0) is 38.5. The number of unbranched alkanes of at least 4 members (excludes halogenated alkanes) is 2. The first-order valence-electron chi connectivity index (χ1n) is 16.8. The van der Waals surface area contributed by atoms with E-state index >= 15 is 4.39 Å². The third kappa shape index (κ3) is 8.62. The van der Waals surface area contributed by atoms with Crippen molar-refractivity contribution in [3.8, 4) is 16.8 Å². The summed E-state index contributed by atoms with van der Waals surface area (Å²) in [5, 5.41) is 4.24. The Balaban J connectivity index is 1.52. The van der Waals surface area contributed by atoms with Crippen LogP contribution in [0.3, 0.4) is 0 Å². The van der Waals surface area contributed by atoms with Crippen molar-refractivity contribution in [3.05, 3.63) is 135 Å². The van der Waals surface area contributed by atoms with E-state index in [1.54, 1.807) is 0 Å². The highest BCUT2D eigenvalue weighted by atomic mass is 32.2. The van der Waals surface area contributed by atoms with Crippen LogP contribution in [0, 0.1) is 11.6 Å². The molecular weight excluding hydrogens is 719 g/mol. The quantitative estimate of drug-likeness (QED) is 0.0910. The predicted octanol–water partition coefficient (Wildman–Crippen LogP) is 7.88. The van der Waals surface area contributed by atoms with Crippen molar-refractivity contribution in [2.75, 3.05) is 0 Å². The van der Waals surface area contributed by atoms with E-state index in [9.17, 15) is 40.4 Å². The summed E-state index contributed by atoms with van der Waals surface area (Å²) in [6, 6.07) is 16.8. The molecule has 0 saturated heterocycles. The largest absolute Gasteiger partial charge is 0.418 e. The fraction of sp³-hybridized carbons (Fsp3) is 0.263. The smallest absolute Gasteiger partial charge is 0.294 e. The summed E-state index contributed by atoms with van der Waals surface area (Å²) in [6.07, 6.45) is -2.20. The molecule has 0 atom stereocenters. The van der Waals surface area contributed by atoms with E-state index < -0.39 is 67.7 Å². The van der Waals surface area contributed by atoms with E-state index in [0.717, 1.165) is 41.0 Å². The topological polar surface area (TPSA) is 120 Å². The van der Waals surface area contributed by atoms with E-state index in [-0.39, 0.29) is 46.7 Å². The molecule has 0 unspecified atom stereocenters. The van der Waals surface area contributed by atoms with Gasteiger partial charge in [0, 0.05) is 29.5 Å². The molecule has 0 fully saturated rings. The molecule has 0 saturated carbocycles. The van der Waals surface area contributed by atoms with Crippen LogP contribution in [0.5, 0.6) is 0 Å². The number of carbonyl (C=O) groups excluding carboxylic acids is 2. The van der Waals surface area contributed by atoms with Gasteiger partial charge >= 0.3 is 11.9 Å². The third-order valence-electron chi connectivity index (χ3n) is 8.52. The maximum absolute atomic E-state index is 15.8. The SMILES string of the molecule is CCCCC(=O)c1ccc(C(F)(F)F)c(-n2nc(CCCC)n(Cc3ccc(-c4ccccc4S(=O)(=O)NC(=O)c4ccccc4F)cc3F)c2=O)c1. The van der Waals surface area contributed by atoms with Crippen molar-refractivity contribution in [1.82, 2.24) is 19.1 Å². The number of hydrogen-bond acceptors (Lipinski definition) is 6. The van der Waals surface area contributed by atoms with Crippen molar-refractivity contribution < 1.29 is 40.0 Å². The maximum atomic E-state index is 15.8. The van der Waals surface area contributed by atoms with Crippen molar-refractivity contribution in [1.29, 1.82) is 0 Å². The maximum Gasteiger partial charge on any atom is 0.418 e. The number of sulfonamides is 1. The van der Waals surface area contributed by atoms with Crippen LogP contribution in [0.15, 0.2) is 94.6 Å². The minimum absolute atomic E-state index is 0.00580. The van der Waals surface area contributed by atoms with Gasteiger partial charge < -0.3 is 0 Å². The Morgan fingerprint density at radius 2 is 1.55 bits per heavy atom. The fourth-order valence-electron chi connectivity index (χ4n) is 5.70. The number of aryl methyl sites for hydroxylation is 1. The van der Waals surface area contributed by atoms with Gasteiger partial charge in [-0.3, -0.25) is 14.2 Å². The summed E-state index contributed by atoms with van der Waals surface area (Å²) in [6.45, 7) is 3.31. The first kappa shape index (κ1) is 38.8. The van der Waals surface area contributed by atoms with Gasteiger partial charge in [0.25, 0.3) is 15.9 Å². The molecule has 9 nitrogen and oxygen atoms in total. The lowest BCUT2D eigenvalue weighted by atomic mass is 10.0. The number of ketones is 1. The van der Waals surface area contributed by atoms with Crippen molar-refractivity contribution in [2.24, 2.45) is 0 Å². The second-order valence-electron chi connectivity index (χ2n) is 12.3. The molecular formula is C38H35F5N4O5S. The van der Waals surface area contributed by atoms with E-state index in [4.69, 9.17) is 0 Å². The predicted molar refractivity (Wildman–Crippen MR) is 187 cm³/mol. The molecule has 0 spiro atoms. The standard InChI is InChI=1S/C38H35F5N4O5S/c1-3-5-14-33(48)25-19-20-29(38(41,42)43)32(22-25)47-37(50)46(35(44-47)16-6-4-2)23-26-18-17-24(21-31(26)40)27-11-8-10-15-34(27)53(51,52)45-36(49)28-12-7-9-13-30(28)39/h7-13,15,17-22H,3-6,14,16,23H2,1-2H3,(H,45,49). The highest BCUT2D eigenvalue weighted by Gasteiger charge is 2.36. The monoisotopic (exact) mass is 754 g/mol. The Hall–Kier alpha value is -5.44. The molecule has 0 aliphatic heterocycles. The van der Waals surface area contributed by atoms with Gasteiger partial charge in [-0.2, -0.15) is 17.9 Å². The number of rotatable bonds is 14. The molecule has 4 aromatic carbocycles. The summed E-state index contributed by atoms with van der Waals surface area (Å²) in [4.78, 5) is 38.8. The fourth-order valence-corrected chi connectivity index (χ4v) is 6.90. The molecule has 0 aliphatic rings. The van der Waals surface area contributed by atoms with Gasteiger partial charge in [0.05, 0.1) is 28.3 Å². The number of aromatic nitrogens is 3. The lowest BCUT2D eigenvalue weighted by Gasteiger charge is -2.14. The average Bonchev–Trinajstić information content (AvgIpc) is 3.43. The minimum Gasteiger partial charge on any atom is -0.294 e. The molecule has 278 valence electrons. The van der Waals surface area contributed by atoms with Gasteiger partial charge in [-0.1, -0.05) is 75.2 Å². The Kier molecular flexibility index (Phi) is 11.8. The molecule has 0 bridgehead atoms. The normalized spacial score (nSPS) is 11.8. The molecule has 1 aromatic heterocycles. The summed E-state index contributed by atoms with van der Waals surface area (Å²) < 4.78 is 103. The van der Waals surface area contributed by atoms with Crippen LogP contribution in [0.1, 0.15) is 83.6 Å². The van der Waals surface area contributed by atoms with Crippen LogP contribution < -0.4 is 10.4 Å². The molecule has 0 aliphatic carbocycles. The highest BCUT2D eigenvalue weighted by molar-refractivity contribution is 7.90. The number of benzene rings is 4. The molecule has 5 rings (SSSR count). The number of amides is 1. The van der Waals surface area contributed by atoms with Crippen molar-refractivity contribution >= 4 is 21.7 Å². The van der Waals surface area contributed by atoms with Gasteiger partial charge in [-0.05, 0) is 54.8 Å². The average molecular weight is 755 g/mol. The Morgan fingerprint density at radius 3 is 2.23 bits per heavy atom. The molecule has 15 heteroatoms. The summed E-state index contributed by atoms with van der Waals surface area (Å²) >= 11 is 0. The first-order valence-corrected chi connectivity index (χ1v) is 18.3. The zero-order valence-corrected chi connectivity index (χ0v) is 29.5. The number of nitrogens with zero attached hydrogens (tertiary/aromatic N) is 3. The van der Waals surface area contributed by atoms with Gasteiger partial charge in [0.2, 0.25) is 0 Å². The summed E-state index contributed by atoms with van der Waals surface area (Å²) in [5.41, 5.74) is -3.25. The molecule has 5 aromatic rings. The van der Waals surface area contributed by atoms with Crippen LogP contribution in [0.25, 0.3) is 16.8 Å². The van der Waals surface area contributed by atoms with Crippen LogP contribution >= 0.6 is 0 Å². The molecule has 1 amide bonds. The van der Waals surface area contributed by atoms with Crippen LogP contribution in [-0.4, -0.2) is 34.5 Å². The summed E-state index contributed by atoms with van der Waals surface area (Å²) in [5.74, 6) is -3.30. The Labute approximate surface area is 302 Å². The lowest BCUT2D eigenvalue weighted by Crippen LogP contribution is -2.31. The van der Waals surface area contributed by atoms with E-state index in [0.29, 0.717) is 30.4 Å². The number of halogens is 5. The van der Waals surface area contributed by atoms with Crippen molar-refractivity contribution in [2.45, 2.75) is 70.0 Å². The molecule has 0 radical (unpaired) electrons. The van der Waals surface area contributed by atoms with E-state index in [1.807, 2.05) is 18.6 Å². The minimum atomic E-state index is -4.89. The summed E-state index contributed by atoms with van der Waals surface area (Å²) in [7, 11) is -4.59. The highest BCUT2D eigenvalue weighted by Crippen LogP contribution is 2.34. The Morgan fingerprint density at radius 1 is 0.849 bits per heavy atom. The number of alkyl halides is 3. The van der Waals surface area contributed by atoms with Crippen LogP contribution in [0.4, 0.5) is 22.0 Å². The van der Waals surface area contributed by atoms with Gasteiger partial charge in [-0.25, -0.2) is 26.7 Å². The number of carbonyl (C=O) groups is 2. The number of Topliss-reactive ketones (excluding diaryl/α,β-unsaturated/α-hetero) is 1. The molecule has 1 N–H and O–H groups in total. The van der Waals surface area contributed by atoms with Crippen molar-refractivity contribution in [3.63, 3.8) is 0 Å². The molecule has 1 heterocycles. The van der Waals surface area contributed by atoms with Gasteiger partial charge in [-0.15, -0.1) is 5.10 Å². The van der Waals surface area contributed by atoms with E-state index in [1.165, 1.54) is 48.5 Å².